The molecular formula is C53H35N3O. The van der Waals surface area contributed by atoms with Gasteiger partial charge in [0, 0.05) is 50.2 Å². The fraction of sp³-hybridized carbons (Fsp3) is 0.0189. The Morgan fingerprint density at radius 1 is 0.351 bits per heavy atom. The van der Waals surface area contributed by atoms with Crippen LogP contribution in [-0.4, -0.2) is 9.97 Å². The monoisotopic (exact) mass is 729 g/mol. The Bertz CT molecular complexity index is 2890. The minimum Gasteiger partial charge on any atom is -0.455 e. The molecule has 9 aromatic rings. The van der Waals surface area contributed by atoms with Gasteiger partial charge in [-0.3, -0.25) is 0 Å². The van der Waals surface area contributed by atoms with Crippen molar-refractivity contribution in [3.05, 3.63) is 222 Å². The number of fused-ring (bicyclic) bond motifs is 9. The summed E-state index contributed by atoms with van der Waals surface area (Å²) in [4.78, 5) is 10.2. The number of nitrogens with two attached hydrogens (primary N) is 1. The van der Waals surface area contributed by atoms with E-state index in [-0.39, 0.29) is 0 Å². The largest absolute Gasteiger partial charge is 0.455 e. The first-order valence-electron chi connectivity index (χ1n) is 19.3. The number of nitrogen functional groups attached to an aromatic ring is 1. The van der Waals surface area contributed by atoms with Crippen LogP contribution in [0.1, 0.15) is 22.3 Å². The summed E-state index contributed by atoms with van der Waals surface area (Å²) >= 11 is 0. The molecule has 8 aromatic carbocycles. The first-order chi connectivity index (χ1) is 28.2. The van der Waals surface area contributed by atoms with E-state index in [4.69, 9.17) is 20.4 Å². The van der Waals surface area contributed by atoms with E-state index in [0.717, 1.165) is 73.0 Å². The molecule has 0 unspecified atom stereocenters. The lowest BCUT2D eigenvalue weighted by molar-refractivity contribution is 0.440. The maximum Gasteiger partial charge on any atom is 0.160 e. The van der Waals surface area contributed by atoms with Crippen LogP contribution >= 0.6 is 0 Å². The van der Waals surface area contributed by atoms with Crippen molar-refractivity contribution >= 4 is 5.69 Å². The molecule has 0 amide bonds. The van der Waals surface area contributed by atoms with E-state index in [1.54, 1.807) is 0 Å². The number of hydrogen-bond acceptors (Lipinski definition) is 4. The van der Waals surface area contributed by atoms with Gasteiger partial charge >= 0.3 is 0 Å². The number of anilines is 1. The molecule has 2 N–H and O–H groups in total. The van der Waals surface area contributed by atoms with Gasteiger partial charge in [0.1, 0.15) is 11.5 Å². The van der Waals surface area contributed by atoms with Crippen molar-refractivity contribution in [1.82, 2.24) is 9.97 Å². The van der Waals surface area contributed by atoms with Gasteiger partial charge in [-0.1, -0.05) is 188 Å². The summed E-state index contributed by atoms with van der Waals surface area (Å²) in [5.41, 5.74) is 22.7. The molecule has 0 bridgehead atoms. The van der Waals surface area contributed by atoms with Crippen molar-refractivity contribution in [3.8, 4) is 78.8 Å². The first kappa shape index (κ1) is 32.8. The Kier molecular flexibility index (Phi) is 7.51. The van der Waals surface area contributed by atoms with Gasteiger partial charge in [-0.15, -0.1) is 0 Å². The molecule has 0 saturated heterocycles. The second-order valence-corrected chi connectivity index (χ2v) is 14.7. The molecule has 0 saturated carbocycles. The summed E-state index contributed by atoms with van der Waals surface area (Å²) in [6, 6.07) is 70.0. The second kappa shape index (κ2) is 13.0. The highest BCUT2D eigenvalue weighted by Gasteiger charge is 2.52. The highest BCUT2D eigenvalue weighted by atomic mass is 16.5. The molecule has 268 valence electrons. The smallest absolute Gasteiger partial charge is 0.160 e. The number of benzene rings is 8. The Labute approximate surface area is 331 Å². The Morgan fingerprint density at radius 2 is 0.789 bits per heavy atom. The molecule has 4 nitrogen and oxygen atoms in total. The van der Waals surface area contributed by atoms with Crippen molar-refractivity contribution < 1.29 is 4.74 Å². The summed E-state index contributed by atoms with van der Waals surface area (Å²) in [6.07, 6.45) is 0. The minimum absolute atomic E-state index is 0.620. The highest BCUT2D eigenvalue weighted by molar-refractivity contribution is 5.93. The number of aromatic nitrogens is 2. The van der Waals surface area contributed by atoms with Gasteiger partial charge < -0.3 is 10.5 Å². The fourth-order valence-corrected chi connectivity index (χ4v) is 9.02. The summed E-state index contributed by atoms with van der Waals surface area (Å²) < 4.78 is 7.28. The second-order valence-electron chi connectivity index (χ2n) is 14.7. The zero-order chi connectivity index (χ0) is 37.9. The van der Waals surface area contributed by atoms with Crippen molar-refractivity contribution in [1.29, 1.82) is 0 Å². The predicted octanol–water partition coefficient (Wildman–Crippen LogP) is 12.9. The van der Waals surface area contributed by atoms with Gasteiger partial charge in [-0.05, 0) is 39.9 Å². The molecule has 1 aromatic heterocycles. The van der Waals surface area contributed by atoms with Gasteiger partial charge in [0.25, 0.3) is 0 Å². The third-order valence-corrected chi connectivity index (χ3v) is 11.6. The number of para-hydroxylation sites is 3. The van der Waals surface area contributed by atoms with Gasteiger partial charge in [-0.25, -0.2) is 9.97 Å². The molecule has 11 rings (SSSR count). The summed E-state index contributed by atoms with van der Waals surface area (Å²) in [6.45, 7) is 0. The Balaban J connectivity index is 1.11. The summed E-state index contributed by atoms with van der Waals surface area (Å²) in [5, 5.41) is 0. The van der Waals surface area contributed by atoms with Crippen LogP contribution in [0.5, 0.6) is 11.5 Å². The van der Waals surface area contributed by atoms with E-state index < -0.39 is 5.41 Å². The van der Waals surface area contributed by atoms with Crippen molar-refractivity contribution in [2.75, 3.05) is 5.73 Å². The molecule has 1 aliphatic carbocycles. The van der Waals surface area contributed by atoms with E-state index in [0.29, 0.717) is 11.5 Å². The van der Waals surface area contributed by atoms with Crippen LogP contribution in [0.3, 0.4) is 0 Å². The number of hydrogen-bond donors (Lipinski definition) is 1. The molecule has 1 aliphatic heterocycles. The molecule has 0 radical (unpaired) electrons. The van der Waals surface area contributed by atoms with Crippen LogP contribution in [0.2, 0.25) is 0 Å². The van der Waals surface area contributed by atoms with Gasteiger partial charge in [0.05, 0.1) is 16.8 Å². The molecular weight excluding hydrogens is 695 g/mol. The molecule has 0 atom stereocenters. The lowest BCUT2D eigenvalue weighted by atomic mass is 9.65. The summed E-state index contributed by atoms with van der Waals surface area (Å²) in [5.74, 6) is 2.32. The fourth-order valence-electron chi connectivity index (χ4n) is 9.02. The highest BCUT2D eigenvalue weighted by Crippen LogP contribution is 2.64. The van der Waals surface area contributed by atoms with E-state index in [9.17, 15) is 0 Å². The molecule has 2 heterocycles. The SMILES string of the molecule is Nc1ccccc1-c1cccc2c1Oc1c(-c3ccc(-c4nc(-c5ccccc5)cc(-c5ccccc5)n4)cc3)cccc1C21c2ccccc2-c2ccccc21. The third-order valence-electron chi connectivity index (χ3n) is 11.6. The molecule has 1 spiro atoms. The van der Waals surface area contributed by atoms with E-state index in [2.05, 4.69) is 146 Å². The standard InChI is InChI=1S/C53H35N3O/c54-47-28-12-9-21-41(47)42-23-14-27-46-51(42)57-50-38(22-13-26-45(50)53(46)43-24-10-7-19-39(43)40-20-8-11-25-44(40)53)34-29-31-37(32-30-34)52-55-48(35-15-3-1-4-16-35)33-49(56-52)36-17-5-2-6-18-36/h1-33H,54H2. The molecule has 4 heteroatoms. The molecule has 2 aliphatic rings. The maximum atomic E-state index is 7.28. The van der Waals surface area contributed by atoms with E-state index >= 15 is 0 Å². The number of nitrogens with zero attached hydrogens (tertiary/aromatic N) is 2. The van der Waals surface area contributed by atoms with Crippen LogP contribution in [0.25, 0.3) is 67.3 Å². The minimum atomic E-state index is -0.620. The predicted molar refractivity (Wildman–Crippen MR) is 231 cm³/mol. The van der Waals surface area contributed by atoms with Crippen molar-refractivity contribution in [2.24, 2.45) is 0 Å². The summed E-state index contributed by atoms with van der Waals surface area (Å²) in [7, 11) is 0. The van der Waals surface area contributed by atoms with Gasteiger partial charge in [0.15, 0.2) is 5.82 Å². The van der Waals surface area contributed by atoms with E-state index in [1.807, 2.05) is 54.6 Å². The van der Waals surface area contributed by atoms with E-state index in [1.165, 1.54) is 22.3 Å². The van der Waals surface area contributed by atoms with Crippen LogP contribution in [-0.2, 0) is 5.41 Å². The van der Waals surface area contributed by atoms with Crippen molar-refractivity contribution in [3.63, 3.8) is 0 Å². The van der Waals surface area contributed by atoms with Crippen molar-refractivity contribution in [2.45, 2.75) is 5.41 Å². The normalized spacial score (nSPS) is 12.9. The van der Waals surface area contributed by atoms with Crippen LogP contribution in [0.15, 0.2) is 200 Å². The topological polar surface area (TPSA) is 61.0 Å². The van der Waals surface area contributed by atoms with Crippen LogP contribution in [0, 0.1) is 0 Å². The average Bonchev–Trinajstić information content (AvgIpc) is 3.57. The van der Waals surface area contributed by atoms with Crippen LogP contribution in [0.4, 0.5) is 5.69 Å². The number of rotatable bonds is 5. The van der Waals surface area contributed by atoms with Gasteiger partial charge in [0.2, 0.25) is 0 Å². The zero-order valence-corrected chi connectivity index (χ0v) is 30.9. The molecule has 0 fully saturated rings. The Hall–Kier alpha value is -7.56. The molecule has 57 heavy (non-hydrogen) atoms. The Morgan fingerprint density at radius 3 is 1.37 bits per heavy atom. The van der Waals surface area contributed by atoms with Crippen LogP contribution < -0.4 is 10.5 Å². The average molecular weight is 730 g/mol. The first-order valence-corrected chi connectivity index (χ1v) is 19.3. The number of ether oxygens (including phenoxy) is 1. The lowest BCUT2D eigenvalue weighted by Crippen LogP contribution is -2.32. The maximum absolute atomic E-state index is 7.28. The van der Waals surface area contributed by atoms with Gasteiger partial charge in [-0.2, -0.15) is 0 Å². The lowest BCUT2D eigenvalue weighted by Gasteiger charge is -2.41. The third kappa shape index (κ3) is 5.08. The zero-order valence-electron chi connectivity index (χ0n) is 30.9. The quantitative estimate of drug-likeness (QED) is 0.179.